The summed E-state index contributed by atoms with van der Waals surface area (Å²) in [4.78, 5) is 22.0. The molecular weight excluding hydrogens is 335 g/mol. The van der Waals surface area contributed by atoms with Crippen LogP contribution in [0.25, 0.3) is 11.4 Å². The lowest BCUT2D eigenvalue weighted by atomic mass is 10.2. The van der Waals surface area contributed by atoms with Crippen LogP contribution >= 0.6 is 0 Å². The van der Waals surface area contributed by atoms with Crippen LogP contribution in [0.5, 0.6) is 0 Å². The van der Waals surface area contributed by atoms with E-state index in [1.165, 1.54) is 19.0 Å². The lowest BCUT2D eigenvalue weighted by Crippen LogP contribution is -2.38. The molecule has 7 nitrogen and oxygen atoms in total. The van der Waals surface area contributed by atoms with E-state index in [-0.39, 0.29) is 0 Å². The average molecular weight is 358 g/mol. The summed E-state index contributed by atoms with van der Waals surface area (Å²) in [5.74, 6) is 1.16. The summed E-state index contributed by atoms with van der Waals surface area (Å²) in [6, 6.07) is 1.61. The minimum Gasteiger partial charge on any atom is -0.378 e. The molecule has 0 aliphatic carbocycles. The quantitative estimate of drug-likeness (QED) is 0.834. The fourth-order valence-corrected chi connectivity index (χ4v) is 3.35. The lowest BCUT2D eigenvalue weighted by Gasteiger charge is -2.28. The number of pyridine rings is 1. The number of hydrogen-bond acceptors (Lipinski definition) is 7. The second-order valence-electron chi connectivity index (χ2n) is 6.62. The number of rotatable bonds is 3. The molecule has 2 aromatic heterocycles. The van der Waals surface area contributed by atoms with Crippen molar-refractivity contribution in [2.24, 2.45) is 0 Å². The van der Waals surface area contributed by atoms with Crippen LogP contribution in [0.1, 0.15) is 25.7 Å². The Morgan fingerprint density at radius 3 is 2.15 bits per heavy atom. The summed E-state index contributed by atoms with van der Waals surface area (Å²) < 4.78 is 19.7. The van der Waals surface area contributed by atoms with Gasteiger partial charge in [0.05, 0.1) is 25.0 Å². The number of aromatic nitrogens is 4. The minimum atomic E-state index is -0.423. The van der Waals surface area contributed by atoms with Crippen molar-refractivity contribution in [3.63, 3.8) is 0 Å². The van der Waals surface area contributed by atoms with Crippen molar-refractivity contribution >= 4 is 11.9 Å². The van der Waals surface area contributed by atoms with Crippen molar-refractivity contribution in [1.29, 1.82) is 0 Å². The summed E-state index contributed by atoms with van der Waals surface area (Å²) in [6.45, 7) is 4.58. The van der Waals surface area contributed by atoms with E-state index in [1.807, 2.05) is 0 Å². The van der Waals surface area contributed by atoms with Gasteiger partial charge in [-0.2, -0.15) is 15.0 Å². The van der Waals surface area contributed by atoms with Gasteiger partial charge in [0.15, 0.2) is 11.6 Å². The van der Waals surface area contributed by atoms with Crippen LogP contribution in [0.3, 0.4) is 0 Å². The second kappa shape index (κ2) is 7.90. The molecule has 0 amide bonds. The number of halogens is 1. The summed E-state index contributed by atoms with van der Waals surface area (Å²) in [5.41, 5.74) is 0.355. The summed E-state index contributed by atoms with van der Waals surface area (Å²) >= 11 is 0. The zero-order valence-electron chi connectivity index (χ0n) is 14.8. The monoisotopic (exact) mass is 358 g/mol. The fourth-order valence-electron chi connectivity index (χ4n) is 3.35. The Morgan fingerprint density at radius 2 is 1.50 bits per heavy atom. The molecule has 0 bridgehead atoms. The Kier molecular flexibility index (Phi) is 5.19. The molecule has 2 aromatic rings. The standard InChI is InChI=1S/C18H23FN6O/c19-15-13-20-6-5-14(15)16-21-17(24-7-3-1-2-4-8-24)23-18(22-16)25-9-11-26-12-10-25/h5-6,13H,1-4,7-12H2. The number of hydrogen-bond donors (Lipinski definition) is 0. The third-order valence-electron chi connectivity index (χ3n) is 4.81. The molecule has 26 heavy (non-hydrogen) atoms. The zero-order valence-corrected chi connectivity index (χ0v) is 14.8. The molecule has 4 rings (SSSR count). The average Bonchev–Trinajstić information content (AvgIpc) is 2.98. The van der Waals surface area contributed by atoms with Gasteiger partial charge in [-0.3, -0.25) is 4.98 Å². The van der Waals surface area contributed by atoms with Gasteiger partial charge in [0, 0.05) is 32.4 Å². The van der Waals surface area contributed by atoms with E-state index >= 15 is 0 Å². The molecule has 2 fully saturated rings. The van der Waals surface area contributed by atoms with Crippen molar-refractivity contribution in [2.75, 3.05) is 49.2 Å². The van der Waals surface area contributed by atoms with Crippen LogP contribution in [0.4, 0.5) is 16.3 Å². The van der Waals surface area contributed by atoms with Gasteiger partial charge < -0.3 is 14.5 Å². The van der Waals surface area contributed by atoms with Crippen molar-refractivity contribution in [1.82, 2.24) is 19.9 Å². The van der Waals surface area contributed by atoms with E-state index in [4.69, 9.17) is 9.72 Å². The van der Waals surface area contributed by atoms with Gasteiger partial charge in [0.2, 0.25) is 11.9 Å². The molecule has 138 valence electrons. The van der Waals surface area contributed by atoms with E-state index in [9.17, 15) is 4.39 Å². The van der Waals surface area contributed by atoms with Crippen LogP contribution in [0.2, 0.25) is 0 Å². The Morgan fingerprint density at radius 1 is 0.846 bits per heavy atom. The van der Waals surface area contributed by atoms with Crippen molar-refractivity contribution in [2.45, 2.75) is 25.7 Å². The maximum absolute atomic E-state index is 14.3. The van der Waals surface area contributed by atoms with Crippen LogP contribution < -0.4 is 9.80 Å². The van der Waals surface area contributed by atoms with Crippen LogP contribution in [-0.4, -0.2) is 59.3 Å². The highest BCUT2D eigenvalue weighted by atomic mass is 19.1. The van der Waals surface area contributed by atoms with Gasteiger partial charge >= 0.3 is 0 Å². The summed E-state index contributed by atoms with van der Waals surface area (Å²) in [5, 5.41) is 0. The molecule has 0 atom stereocenters. The Balaban J connectivity index is 1.74. The highest BCUT2D eigenvalue weighted by Gasteiger charge is 2.21. The maximum Gasteiger partial charge on any atom is 0.230 e. The first-order valence-electron chi connectivity index (χ1n) is 9.25. The Hall–Kier alpha value is -2.35. The molecule has 0 N–H and O–H groups in total. The number of anilines is 2. The van der Waals surface area contributed by atoms with Crippen molar-refractivity contribution in [3.8, 4) is 11.4 Å². The van der Waals surface area contributed by atoms with E-state index < -0.39 is 5.82 Å². The molecule has 2 aliphatic rings. The first kappa shape index (κ1) is 17.1. The van der Waals surface area contributed by atoms with Gasteiger partial charge in [-0.15, -0.1) is 0 Å². The van der Waals surface area contributed by atoms with E-state index in [0.717, 1.165) is 39.0 Å². The first-order chi connectivity index (χ1) is 12.8. The SMILES string of the molecule is Fc1cnccc1-c1nc(N2CCCCCC2)nc(N2CCOCC2)n1. The second-order valence-corrected chi connectivity index (χ2v) is 6.62. The number of morpholine rings is 1. The van der Waals surface area contributed by atoms with Gasteiger partial charge in [-0.05, 0) is 18.9 Å². The molecule has 8 heteroatoms. The maximum atomic E-state index is 14.3. The molecule has 0 spiro atoms. The predicted octanol–water partition coefficient (Wildman–Crippen LogP) is 2.29. The normalized spacial score (nSPS) is 18.7. The van der Waals surface area contributed by atoms with Gasteiger partial charge in [-0.1, -0.05) is 12.8 Å². The third kappa shape index (κ3) is 3.75. The van der Waals surface area contributed by atoms with Crippen LogP contribution in [0, 0.1) is 5.82 Å². The van der Waals surface area contributed by atoms with Crippen LogP contribution in [-0.2, 0) is 4.74 Å². The molecule has 2 saturated heterocycles. The van der Waals surface area contributed by atoms with Gasteiger partial charge in [0.1, 0.15) is 0 Å². The largest absolute Gasteiger partial charge is 0.378 e. The first-order valence-corrected chi connectivity index (χ1v) is 9.25. The number of ether oxygens (including phenoxy) is 1. The topological polar surface area (TPSA) is 67.3 Å². The smallest absolute Gasteiger partial charge is 0.230 e. The van der Waals surface area contributed by atoms with E-state index in [1.54, 1.807) is 12.3 Å². The Bertz CT molecular complexity index is 744. The molecule has 2 aliphatic heterocycles. The summed E-state index contributed by atoms with van der Waals surface area (Å²) in [7, 11) is 0. The van der Waals surface area contributed by atoms with Crippen molar-refractivity contribution < 1.29 is 9.13 Å². The summed E-state index contributed by atoms with van der Waals surface area (Å²) in [6.07, 6.45) is 7.45. The van der Waals surface area contributed by atoms with E-state index in [2.05, 4.69) is 24.8 Å². The third-order valence-corrected chi connectivity index (χ3v) is 4.81. The molecule has 0 aromatic carbocycles. The van der Waals surface area contributed by atoms with Crippen LogP contribution in [0.15, 0.2) is 18.5 Å². The van der Waals surface area contributed by atoms with Gasteiger partial charge in [0.25, 0.3) is 0 Å². The predicted molar refractivity (Wildman–Crippen MR) is 96.7 cm³/mol. The zero-order chi connectivity index (χ0) is 17.8. The molecular formula is C18H23FN6O. The highest BCUT2D eigenvalue weighted by molar-refractivity contribution is 5.58. The molecule has 4 heterocycles. The molecule has 0 radical (unpaired) electrons. The molecule has 0 saturated carbocycles. The van der Waals surface area contributed by atoms with Crippen molar-refractivity contribution in [3.05, 3.63) is 24.3 Å². The Labute approximate surface area is 152 Å². The number of nitrogens with zero attached hydrogens (tertiary/aromatic N) is 6. The molecule has 0 unspecified atom stereocenters. The highest BCUT2D eigenvalue weighted by Crippen LogP contribution is 2.25. The fraction of sp³-hybridized carbons (Fsp3) is 0.556. The lowest BCUT2D eigenvalue weighted by molar-refractivity contribution is 0.122. The van der Waals surface area contributed by atoms with E-state index in [0.29, 0.717) is 36.5 Å². The van der Waals surface area contributed by atoms with Gasteiger partial charge in [-0.25, -0.2) is 4.39 Å². The minimum absolute atomic E-state index is 0.355.